The predicted molar refractivity (Wildman–Crippen MR) is 94.7 cm³/mol. The van der Waals surface area contributed by atoms with E-state index in [-0.39, 0.29) is 5.82 Å². The van der Waals surface area contributed by atoms with E-state index in [1.165, 1.54) is 12.3 Å². The number of hydrogen-bond acceptors (Lipinski definition) is 11. The number of aromatic nitrogens is 2. The second-order valence-corrected chi connectivity index (χ2v) is 6.35. The Morgan fingerprint density at radius 1 is 1.10 bits per heavy atom. The fraction of sp³-hybridized carbons (Fsp3) is 0.278. The minimum absolute atomic E-state index is 0.0548. The van der Waals surface area contributed by atoms with Gasteiger partial charge in [-0.3, -0.25) is 4.57 Å². The first kappa shape index (κ1) is 19.5. The van der Waals surface area contributed by atoms with Crippen molar-refractivity contribution in [3.63, 3.8) is 0 Å². The maximum absolute atomic E-state index is 12.4. The Kier molecular flexibility index (Phi) is 5.16. The van der Waals surface area contributed by atoms with E-state index in [1.54, 1.807) is 30.3 Å². The van der Waals surface area contributed by atoms with Crippen molar-refractivity contribution >= 4 is 23.7 Å². The van der Waals surface area contributed by atoms with Gasteiger partial charge in [0, 0.05) is 12.3 Å². The van der Waals surface area contributed by atoms with Crippen LogP contribution in [0.5, 0.6) is 0 Å². The molecule has 0 amide bonds. The summed E-state index contributed by atoms with van der Waals surface area (Å²) in [7, 11) is 0. The fourth-order valence-corrected chi connectivity index (χ4v) is 3.09. The summed E-state index contributed by atoms with van der Waals surface area (Å²) in [5, 5.41) is 9.43. The number of fused-ring (bicyclic) bond motifs is 1. The monoisotopic (exact) mass is 417 g/mol. The summed E-state index contributed by atoms with van der Waals surface area (Å²) in [6.45, 7) is -0.528. The van der Waals surface area contributed by atoms with Crippen molar-refractivity contribution in [1.29, 1.82) is 0 Å². The van der Waals surface area contributed by atoms with Gasteiger partial charge in [0.05, 0.1) is 12.2 Å². The molecule has 2 aromatic rings. The van der Waals surface area contributed by atoms with Crippen LogP contribution in [-0.4, -0.2) is 57.5 Å². The lowest BCUT2D eigenvalue weighted by molar-refractivity contribution is -0.195. The number of nitrogens with zero attached hydrogens (tertiary/aromatic N) is 2. The number of hydrogen-bond donors (Lipinski definition) is 2. The molecule has 2 aliphatic rings. The molecule has 2 fully saturated rings. The Balaban J connectivity index is 1.49. The number of aliphatic hydroxyl groups excluding tert-OH is 1. The van der Waals surface area contributed by atoms with Gasteiger partial charge in [0.2, 0.25) is 0 Å². The number of rotatable bonds is 5. The largest absolute Gasteiger partial charge is 0.447 e. The lowest BCUT2D eigenvalue weighted by atomic mass is 10.1. The molecule has 0 aliphatic carbocycles. The van der Waals surface area contributed by atoms with Crippen molar-refractivity contribution in [2.45, 2.75) is 24.5 Å². The van der Waals surface area contributed by atoms with Gasteiger partial charge < -0.3 is 24.2 Å². The van der Waals surface area contributed by atoms with E-state index < -0.39 is 54.7 Å². The second-order valence-electron chi connectivity index (χ2n) is 6.35. The zero-order valence-corrected chi connectivity index (χ0v) is 15.2. The van der Waals surface area contributed by atoms with Gasteiger partial charge in [-0.2, -0.15) is 10.5 Å². The van der Waals surface area contributed by atoms with Crippen LogP contribution in [0.1, 0.15) is 16.6 Å². The molecule has 0 bridgehead atoms. The Morgan fingerprint density at radius 2 is 1.80 bits per heavy atom. The Bertz CT molecular complexity index is 1040. The van der Waals surface area contributed by atoms with Gasteiger partial charge in [-0.15, -0.1) is 0 Å². The van der Waals surface area contributed by atoms with E-state index >= 15 is 0 Å². The highest BCUT2D eigenvalue weighted by atomic mass is 16.7. The number of benzene rings is 1. The number of anilines is 1. The number of carbonyl (C=O) groups is 3. The molecular formula is C18H15N3O9. The molecule has 3 heterocycles. The van der Waals surface area contributed by atoms with E-state index in [1.807, 2.05) is 0 Å². The average molecular weight is 417 g/mol. The van der Waals surface area contributed by atoms with Crippen molar-refractivity contribution in [2.24, 2.45) is 0 Å². The molecule has 2 saturated heterocycles. The van der Waals surface area contributed by atoms with E-state index in [0.29, 0.717) is 5.56 Å². The zero-order chi connectivity index (χ0) is 21.3. The molecule has 2 N–H and O–H groups in total. The zero-order valence-electron chi connectivity index (χ0n) is 15.2. The first-order valence-corrected chi connectivity index (χ1v) is 8.77. The number of carbonyl (C=O) groups excluding carboxylic acids is 3. The molecule has 0 spiro atoms. The summed E-state index contributed by atoms with van der Waals surface area (Å²) in [6, 6.07) is 9.51. The lowest BCUT2D eigenvalue weighted by Gasteiger charge is -2.27. The Hall–Kier alpha value is -3.77. The molecule has 1 aromatic heterocycles. The SMILES string of the molecule is O=C1OC2C(OC1=O)[C@@H](CO)O[C@H]2n1ccc(NOC(=O)c2ccccc2)nc1=O. The van der Waals surface area contributed by atoms with Gasteiger partial charge in [-0.05, 0) is 12.1 Å². The highest BCUT2D eigenvalue weighted by Gasteiger charge is 2.54. The third-order valence-corrected chi connectivity index (χ3v) is 4.48. The maximum atomic E-state index is 12.4. The highest BCUT2D eigenvalue weighted by molar-refractivity contribution is 6.30. The quantitative estimate of drug-likeness (QED) is 0.270. The van der Waals surface area contributed by atoms with Crippen molar-refractivity contribution in [1.82, 2.24) is 9.55 Å². The number of nitrogens with one attached hydrogen (secondary N) is 1. The summed E-state index contributed by atoms with van der Waals surface area (Å²) < 4.78 is 16.5. The van der Waals surface area contributed by atoms with Gasteiger partial charge in [0.1, 0.15) is 6.10 Å². The topological polar surface area (TPSA) is 155 Å². The molecular weight excluding hydrogens is 402 g/mol. The number of aliphatic hydroxyl groups is 1. The molecule has 0 radical (unpaired) electrons. The van der Waals surface area contributed by atoms with Gasteiger partial charge in [-0.25, -0.2) is 19.2 Å². The van der Waals surface area contributed by atoms with Crippen molar-refractivity contribution < 1.29 is 38.5 Å². The Morgan fingerprint density at radius 3 is 2.47 bits per heavy atom. The molecule has 12 heteroatoms. The summed E-state index contributed by atoms with van der Waals surface area (Å²) in [4.78, 5) is 56.0. The predicted octanol–water partition coefficient (Wildman–Crippen LogP) is -0.846. The minimum atomic E-state index is -1.23. The van der Waals surface area contributed by atoms with Crippen LogP contribution in [0.2, 0.25) is 0 Å². The molecule has 2 unspecified atom stereocenters. The van der Waals surface area contributed by atoms with Crippen LogP contribution in [0.25, 0.3) is 0 Å². The summed E-state index contributed by atoms with van der Waals surface area (Å²) in [5.41, 5.74) is 1.75. The van der Waals surface area contributed by atoms with Gasteiger partial charge >= 0.3 is 23.6 Å². The van der Waals surface area contributed by atoms with E-state index in [2.05, 4.69) is 10.5 Å². The third kappa shape index (κ3) is 3.60. The molecule has 2 aliphatic heterocycles. The normalized spacial score (nSPS) is 25.1. The van der Waals surface area contributed by atoms with Crippen LogP contribution in [0, 0.1) is 0 Å². The first-order chi connectivity index (χ1) is 14.5. The van der Waals surface area contributed by atoms with Crippen LogP contribution in [0.4, 0.5) is 5.82 Å². The molecule has 1 aromatic carbocycles. The smallest absolute Gasteiger partial charge is 0.418 e. The molecule has 12 nitrogen and oxygen atoms in total. The van der Waals surface area contributed by atoms with Crippen molar-refractivity contribution in [3.8, 4) is 0 Å². The first-order valence-electron chi connectivity index (χ1n) is 8.77. The highest BCUT2D eigenvalue weighted by Crippen LogP contribution is 2.35. The van der Waals surface area contributed by atoms with Crippen molar-refractivity contribution in [2.75, 3.05) is 12.1 Å². The molecule has 0 saturated carbocycles. The lowest BCUT2D eigenvalue weighted by Crippen LogP contribution is -2.48. The van der Waals surface area contributed by atoms with Crippen molar-refractivity contribution in [3.05, 3.63) is 58.6 Å². The molecule has 30 heavy (non-hydrogen) atoms. The Labute approximate surface area is 167 Å². The fourth-order valence-electron chi connectivity index (χ4n) is 3.09. The molecule has 156 valence electrons. The van der Waals surface area contributed by atoms with Gasteiger partial charge in [0.25, 0.3) is 0 Å². The maximum Gasteiger partial charge on any atom is 0.418 e. The van der Waals surface area contributed by atoms with E-state index in [0.717, 1.165) is 4.57 Å². The van der Waals surface area contributed by atoms with Crippen LogP contribution in [0.3, 0.4) is 0 Å². The van der Waals surface area contributed by atoms with E-state index in [4.69, 9.17) is 19.0 Å². The summed E-state index contributed by atoms with van der Waals surface area (Å²) in [6.07, 6.45) is -3.11. The standard InChI is InChI=1S/C18H15N3O9/c22-8-10-12-13(29-17(25)16(24)28-12)14(27-10)21-7-6-11(19-18(21)26)20-30-15(23)9-4-2-1-3-5-9/h1-7,10,12-14,22H,8H2,(H,19,20,26)/t10-,12?,13?,14-/m1/s1. The number of ether oxygens (including phenoxy) is 3. The van der Waals surface area contributed by atoms with Gasteiger partial charge in [-0.1, -0.05) is 18.2 Å². The average Bonchev–Trinajstić information content (AvgIpc) is 3.10. The third-order valence-electron chi connectivity index (χ3n) is 4.48. The van der Waals surface area contributed by atoms with Gasteiger partial charge in [0.15, 0.2) is 24.3 Å². The number of esters is 2. The molecule has 4 atom stereocenters. The van der Waals surface area contributed by atoms with Crippen LogP contribution < -0.4 is 11.2 Å². The minimum Gasteiger partial charge on any atom is -0.447 e. The van der Waals surface area contributed by atoms with Crippen LogP contribution in [0.15, 0.2) is 47.4 Å². The molecule has 4 rings (SSSR count). The van der Waals surface area contributed by atoms with E-state index in [9.17, 15) is 24.3 Å². The van der Waals surface area contributed by atoms with Crippen LogP contribution in [-0.2, 0) is 28.6 Å². The summed E-state index contributed by atoms with van der Waals surface area (Å²) in [5.74, 6) is -3.16. The summed E-state index contributed by atoms with van der Waals surface area (Å²) >= 11 is 0. The van der Waals surface area contributed by atoms with Crippen LogP contribution >= 0.6 is 0 Å². The second kappa shape index (κ2) is 7.93.